The summed E-state index contributed by atoms with van der Waals surface area (Å²) in [5.41, 5.74) is 4.55. The number of hydrogen-bond acceptors (Lipinski definition) is 2. The van der Waals surface area contributed by atoms with E-state index in [-0.39, 0.29) is 0 Å². The molecule has 0 saturated carbocycles. The first kappa shape index (κ1) is 14.2. The minimum atomic E-state index is 0.822. The molecule has 2 heteroatoms. The van der Waals surface area contributed by atoms with E-state index in [2.05, 4.69) is 36.4 Å². The van der Waals surface area contributed by atoms with Crippen LogP contribution in [0.1, 0.15) is 0 Å². The zero-order valence-corrected chi connectivity index (χ0v) is 12.7. The summed E-state index contributed by atoms with van der Waals surface area (Å²) >= 11 is 0. The molecule has 3 aromatic rings. The van der Waals surface area contributed by atoms with Crippen LogP contribution >= 0.6 is 0 Å². The first-order valence-electron chi connectivity index (χ1n) is 7.19. The molecule has 0 radical (unpaired) electrons. The molecule has 0 amide bonds. The Morgan fingerprint density at radius 2 is 1.23 bits per heavy atom. The van der Waals surface area contributed by atoms with Crippen molar-refractivity contribution in [3.05, 3.63) is 72.8 Å². The van der Waals surface area contributed by atoms with E-state index in [0.29, 0.717) is 0 Å². The van der Waals surface area contributed by atoms with Crippen molar-refractivity contribution < 1.29 is 9.47 Å². The van der Waals surface area contributed by atoms with Gasteiger partial charge in [0, 0.05) is 5.56 Å². The molecule has 3 rings (SSSR count). The van der Waals surface area contributed by atoms with Crippen LogP contribution in [0.5, 0.6) is 11.5 Å². The van der Waals surface area contributed by atoms with Crippen LogP contribution in [0.3, 0.4) is 0 Å². The van der Waals surface area contributed by atoms with Gasteiger partial charge in [-0.1, -0.05) is 54.6 Å². The van der Waals surface area contributed by atoms with E-state index in [4.69, 9.17) is 9.47 Å². The Morgan fingerprint density at radius 1 is 0.591 bits per heavy atom. The Bertz CT molecular complexity index is 746. The molecular weight excluding hydrogens is 272 g/mol. The van der Waals surface area contributed by atoms with E-state index in [1.807, 2.05) is 36.4 Å². The fourth-order valence-electron chi connectivity index (χ4n) is 2.51. The normalized spacial score (nSPS) is 10.3. The maximum absolute atomic E-state index is 5.46. The van der Waals surface area contributed by atoms with Gasteiger partial charge in [0.1, 0.15) is 11.5 Å². The van der Waals surface area contributed by atoms with Crippen molar-refractivity contribution in [3.8, 4) is 33.8 Å². The maximum atomic E-state index is 5.46. The van der Waals surface area contributed by atoms with Crippen LogP contribution in [0.4, 0.5) is 0 Å². The maximum Gasteiger partial charge on any atom is 0.126 e. The molecule has 0 fully saturated rings. The standard InChI is InChI=1S/C20H18O2/c1-21-18-12-13-20(22-2)19(14-18)17-10-8-16(9-11-17)15-6-4-3-5-7-15/h3-14H,1-2H3. The second-order valence-electron chi connectivity index (χ2n) is 5.01. The van der Waals surface area contributed by atoms with Crippen LogP contribution in [0.15, 0.2) is 72.8 Å². The lowest BCUT2D eigenvalue weighted by Crippen LogP contribution is -1.90. The summed E-state index contributed by atoms with van der Waals surface area (Å²) < 4.78 is 10.8. The molecule has 2 nitrogen and oxygen atoms in total. The molecule has 0 unspecified atom stereocenters. The highest BCUT2D eigenvalue weighted by molar-refractivity contribution is 5.75. The summed E-state index contributed by atoms with van der Waals surface area (Å²) in [6, 6.07) is 24.7. The van der Waals surface area contributed by atoms with Gasteiger partial charge in [0.2, 0.25) is 0 Å². The lowest BCUT2D eigenvalue weighted by molar-refractivity contribution is 0.404. The SMILES string of the molecule is COc1ccc(OC)c(-c2ccc(-c3ccccc3)cc2)c1. The van der Waals surface area contributed by atoms with E-state index in [9.17, 15) is 0 Å². The zero-order chi connectivity index (χ0) is 15.4. The minimum Gasteiger partial charge on any atom is -0.497 e. The monoisotopic (exact) mass is 290 g/mol. The first-order valence-corrected chi connectivity index (χ1v) is 7.19. The summed E-state index contributed by atoms with van der Waals surface area (Å²) in [7, 11) is 3.35. The second kappa shape index (κ2) is 6.35. The van der Waals surface area contributed by atoms with Gasteiger partial charge in [-0.05, 0) is 34.9 Å². The molecule has 0 aromatic heterocycles. The van der Waals surface area contributed by atoms with Crippen LogP contribution in [0, 0.1) is 0 Å². The van der Waals surface area contributed by atoms with Crippen LogP contribution < -0.4 is 9.47 Å². The van der Waals surface area contributed by atoms with E-state index in [1.54, 1.807) is 14.2 Å². The summed E-state index contributed by atoms with van der Waals surface area (Å²) in [6.45, 7) is 0. The Morgan fingerprint density at radius 3 is 1.86 bits per heavy atom. The highest BCUT2D eigenvalue weighted by atomic mass is 16.5. The average Bonchev–Trinajstić information content (AvgIpc) is 2.62. The van der Waals surface area contributed by atoms with Crippen LogP contribution in [0.2, 0.25) is 0 Å². The topological polar surface area (TPSA) is 18.5 Å². The van der Waals surface area contributed by atoms with Gasteiger partial charge >= 0.3 is 0 Å². The van der Waals surface area contributed by atoms with Crippen molar-refractivity contribution in [2.24, 2.45) is 0 Å². The molecule has 22 heavy (non-hydrogen) atoms. The van der Waals surface area contributed by atoms with Gasteiger partial charge in [0.15, 0.2) is 0 Å². The fourth-order valence-corrected chi connectivity index (χ4v) is 2.51. The lowest BCUT2D eigenvalue weighted by atomic mass is 9.99. The third-order valence-corrected chi connectivity index (χ3v) is 3.71. The Labute approximate surface area is 131 Å². The van der Waals surface area contributed by atoms with Gasteiger partial charge in [-0.15, -0.1) is 0 Å². The van der Waals surface area contributed by atoms with E-state index < -0.39 is 0 Å². The van der Waals surface area contributed by atoms with Crippen LogP contribution in [-0.2, 0) is 0 Å². The van der Waals surface area contributed by atoms with Crippen LogP contribution in [0.25, 0.3) is 22.3 Å². The molecule has 0 aliphatic carbocycles. The van der Waals surface area contributed by atoms with Crippen molar-refractivity contribution in [1.82, 2.24) is 0 Å². The Balaban J connectivity index is 1.99. The summed E-state index contributed by atoms with van der Waals surface area (Å²) in [5.74, 6) is 1.66. The number of hydrogen-bond donors (Lipinski definition) is 0. The third kappa shape index (κ3) is 2.82. The van der Waals surface area contributed by atoms with Crippen molar-refractivity contribution in [2.45, 2.75) is 0 Å². The molecule has 0 bridgehead atoms. The molecule has 0 spiro atoms. The summed E-state index contributed by atoms with van der Waals surface area (Å²) in [6.07, 6.45) is 0. The van der Waals surface area contributed by atoms with Crippen molar-refractivity contribution in [2.75, 3.05) is 14.2 Å². The molecule has 0 aliphatic rings. The quantitative estimate of drug-likeness (QED) is 0.670. The van der Waals surface area contributed by atoms with Gasteiger partial charge in [0.05, 0.1) is 14.2 Å². The highest BCUT2D eigenvalue weighted by Gasteiger charge is 2.08. The summed E-state index contributed by atoms with van der Waals surface area (Å²) in [5, 5.41) is 0. The van der Waals surface area contributed by atoms with Gasteiger partial charge in [-0.3, -0.25) is 0 Å². The predicted octanol–water partition coefficient (Wildman–Crippen LogP) is 5.04. The first-order chi connectivity index (χ1) is 10.8. The average molecular weight is 290 g/mol. The van der Waals surface area contributed by atoms with Crippen LogP contribution in [-0.4, -0.2) is 14.2 Å². The molecule has 3 aromatic carbocycles. The van der Waals surface area contributed by atoms with E-state index in [1.165, 1.54) is 11.1 Å². The second-order valence-corrected chi connectivity index (χ2v) is 5.01. The minimum absolute atomic E-state index is 0.822. The highest BCUT2D eigenvalue weighted by Crippen LogP contribution is 2.34. The lowest BCUT2D eigenvalue weighted by Gasteiger charge is -2.11. The largest absolute Gasteiger partial charge is 0.497 e. The van der Waals surface area contributed by atoms with E-state index in [0.717, 1.165) is 22.6 Å². The predicted molar refractivity (Wildman–Crippen MR) is 90.4 cm³/mol. The number of rotatable bonds is 4. The van der Waals surface area contributed by atoms with Gasteiger partial charge in [0.25, 0.3) is 0 Å². The van der Waals surface area contributed by atoms with Gasteiger partial charge < -0.3 is 9.47 Å². The van der Waals surface area contributed by atoms with Crippen molar-refractivity contribution in [3.63, 3.8) is 0 Å². The Hall–Kier alpha value is -2.74. The summed E-state index contributed by atoms with van der Waals surface area (Å²) in [4.78, 5) is 0. The van der Waals surface area contributed by atoms with Gasteiger partial charge in [-0.25, -0.2) is 0 Å². The van der Waals surface area contributed by atoms with Crippen molar-refractivity contribution >= 4 is 0 Å². The van der Waals surface area contributed by atoms with Gasteiger partial charge in [-0.2, -0.15) is 0 Å². The third-order valence-electron chi connectivity index (χ3n) is 3.71. The molecule has 0 atom stereocenters. The Kier molecular flexibility index (Phi) is 4.10. The molecular formula is C20H18O2. The molecule has 0 N–H and O–H groups in total. The van der Waals surface area contributed by atoms with E-state index >= 15 is 0 Å². The number of ether oxygens (including phenoxy) is 2. The van der Waals surface area contributed by atoms with Crippen molar-refractivity contribution in [1.29, 1.82) is 0 Å². The molecule has 0 saturated heterocycles. The molecule has 0 aliphatic heterocycles. The number of benzene rings is 3. The zero-order valence-electron chi connectivity index (χ0n) is 12.7. The number of methoxy groups -OCH3 is 2. The molecule has 110 valence electrons. The smallest absolute Gasteiger partial charge is 0.126 e. The fraction of sp³-hybridized carbons (Fsp3) is 0.100. The molecule has 0 heterocycles.